The van der Waals surface area contributed by atoms with E-state index in [9.17, 15) is 14.0 Å². The van der Waals surface area contributed by atoms with Crippen molar-refractivity contribution in [3.63, 3.8) is 0 Å². The highest BCUT2D eigenvalue weighted by Gasteiger charge is 2.32. The molecule has 0 aliphatic carbocycles. The van der Waals surface area contributed by atoms with Gasteiger partial charge in [0.1, 0.15) is 12.2 Å². The number of carbonyl (C=O) groups excluding carboxylic acids is 2. The molecule has 130 valence electrons. The molecule has 0 spiro atoms. The highest BCUT2D eigenvalue weighted by atomic mass is 19.1. The molecule has 25 heavy (non-hydrogen) atoms. The Bertz CT molecular complexity index is 724. The first kappa shape index (κ1) is 17.1. The van der Waals surface area contributed by atoms with E-state index in [0.29, 0.717) is 24.9 Å². The van der Waals surface area contributed by atoms with Crippen LogP contribution >= 0.6 is 0 Å². The van der Waals surface area contributed by atoms with Crippen molar-refractivity contribution in [1.82, 2.24) is 15.2 Å². The second kappa shape index (κ2) is 7.88. The number of halogens is 1. The number of rotatable bonds is 5. The van der Waals surface area contributed by atoms with Gasteiger partial charge >= 0.3 is 0 Å². The second-order valence-corrected chi connectivity index (χ2v) is 6.13. The van der Waals surface area contributed by atoms with E-state index in [1.807, 2.05) is 12.1 Å². The topological polar surface area (TPSA) is 62.3 Å². The fourth-order valence-corrected chi connectivity index (χ4v) is 2.92. The van der Waals surface area contributed by atoms with E-state index in [-0.39, 0.29) is 18.4 Å². The van der Waals surface area contributed by atoms with Crippen LogP contribution in [0.15, 0.2) is 54.9 Å². The Hall–Kier alpha value is -2.76. The first-order valence-corrected chi connectivity index (χ1v) is 8.31. The molecule has 0 radical (unpaired) electrons. The van der Waals surface area contributed by atoms with Gasteiger partial charge in [-0.2, -0.15) is 0 Å². The molecule has 2 amide bonds. The molecule has 2 aromatic rings. The zero-order valence-electron chi connectivity index (χ0n) is 13.8. The monoisotopic (exact) mass is 341 g/mol. The third kappa shape index (κ3) is 4.41. The summed E-state index contributed by atoms with van der Waals surface area (Å²) in [7, 11) is 0. The summed E-state index contributed by atoms with van der Waals surface area (Å²) >= 11 is 0. The number of benzene rings is 1. The second-order valence-electron chi connectivity index (χ2n) is 6.13. The van der Waals surface area contributed by atoms with Gasteiger partial charge in [-0.1, -0.05) is 24.3 Å². The fourth-order valence-electron chi connectivity index (χ4n) is 2.92. The zero-order chi connectivity index (χ0) is 17.6. The van der Waals surface area contributed by atoms with Crippen molar-refractivity contribution >= 4 is 11.8 Å². The largest absolute Gasteiger partial charge is 0.340 e. The molecule has 2 atom stereocenters. The van der Waals surface area contributed by atoms with Crippen molar-refractivity contribution < 1.29 is 14.0 Å². The van der Waals surface area contributed by atoms with Crippen LogP contribution in [0, 0.1) is 0 Å². The molecule has 3 rings (SSSR count). The molecule has 1 aliphatic heterocycles. The summed E-state index contributed by atoms with van der Waals surface area (Å²) < 4.78 is 13.5. The van der Waals surface area contributed by atoms with Crippen LogP contribution in [-0.4, -0.2) is 47.0 Å². The first-order valence-electron chi connectivity index (χ1n) is 8.31. The number of hydrogen-bond acceptors (Lipinski definition) is 3. The van der Waals surface area contributed by atoms with Crippen molar-refractivity contribution in [3.8, 4) is 0 Å². The molecule has 6 heteroatoms. The minimum Gasteiger partial charge on any atom is -0.340 e. The van der Waals surface area contributed by atoms with Crippen LogP contribution in [0.3, 0.4) is 0 Å². The van der Waals surface area contributed by atoms with Crippen LogP contribution in [-0.2, 0) is 11.2 Å². The van der Waals surface area contributed by atoms with Gasteiger partial charge < -0.3 is 10.2 Å². The van der Waals surface area contributed by atoms with Crippen LogP contribution in [0.2, 0.25) is 0 Å². The van der Waals surface area contributed by atoms with Crippen molar-refractivity contribution in [2.75, 3.05) is 13.1 Å². The molecule has 1 aromatic carbocycles. The molecule has 5 nitrogen and oxygen atoms in total. The lowest BCUT2D eigenvalue weighted by atomic mass is 10.1. The van der Waals surface area contributed by atoms with E-state index in [1.54, 1.807) is 42.7 Å². The van der Waals surface area contributed by atoms with E-state index < -0.39 is 12.2 Å². The van der Waals surface area contributed by atoms with Gasteiger partial charge in [-0.05, 0) is 30.2 Å². The quantitative estimate of drug-likeness (QED) is 0.905. The molecule has 1 saturated heterocycles. The average molecular weight is 341 g/mol. The number of hydrogen-bond donors (Lipinski definition) is 1. The Morgan fingerprint density at radius 3 is 2.68 bits per heavy atom. The first-order chi connectivity index (χ1) is 12.1. The van der Waals surface area contributed by atoms with E-state index in [2.05, 4.69) is 10.3 Å². The number of alkyl halides is 1. The molecule has 2 heterocycles. The van der Waals surface area contributed by atoms with Gasteiger partial charge in [0.05, 0.1) is 6.54 Å². The molecule has 1 N–H and O–H groups in total. The van der Waals surface area contributed by atoms with Crippen LogP contribution in [0.25, 0.3) is 0 Å². The smallest absolute Gasteiger partial charge is 0.251 e. The van der Waals surface area contributed by atoms with E-state index in [1.165, 1.54) is 4.90 Å². The van der Waals surface area contributed by atoms with Gasteiger partial charge in [-0.15, -0.1) is 0 Å². The summed E-state index contributed by atoms with van der Waals surface area (Å²) in [5.74, 6) is -0.577. The normalized spacial score (nSPS) is 18.0. The minimum absolute atomic E-state index is 0.0869. The van der Waals surface area contributed by atoms with Crippen molar-refractivity contribution in [3.05, 3.63) is 66.0 Å². The highest BCUT2D eigenvalue weighted by Crippen LogP contribution is 2.15. The van der Waals surface area contributed by atoms with Gasteiger partial charge in [-0.25, -0.2) is 4.39 Å². The molecule has 0 bridgehead atoms. The van der Waals surface area contributed by atoms with Gasteiger partial charge in [0.2, 0.25) is 5.91 Å². The molecule has 0 saturated carbocycles. The van der Waals surface area contributed by atoms with Gasteiger partial charge in [0.25, 0.3) is 5.91 Å². The lowest BCUT2D eigenvalue weighted by Crippen LogP contribution is -2.49. The van der Waals surface area contributed by atoms with E-state index >= 15 is 0 Å². The Balaban J connectivity index is 1.76. The van der Waals surface area contributed by atoms with E-state index in [0.717, 1.165) is 5.56 Å². The number of aromatic nitrogens is 1. The lowest BCUT2D eigenvalue weighted by Gasteiger charge is -2.24. The Morgan fingerprint density at radius 1 is 1.24 bits per heavy atom. The average Bonchev–Trinajstić information content (AvgIpc) is 3.08. The maximum atomic E-state index is 13.5. The maximum Gasteiger partial charge on any atom is 0.251 e. The third-order valence-corrected chi connectivity index (χ3v) is 4.24. The number of nitrogens with zero attached hydrogens (tertiary/aromatic N) is 2. The summed E-state index contributed by atoms with van der Waals surface area (Å²) in [6.45, 7) is 0.467. The SMILES string of the molecule is O=C(NC(Cc1cccnc1)C(=O)N1CC[C@@H](F)C1)c1ccccc1. The number of pyridine rings is 1. The van der Waals surface area contributed by atoms with Gasteiger partial charge in [-0.3, -0.25) is 14.6 Å². The number of likely N-dealkylation sites (tertiary alicyclic amines) is 1. The molecule has 1 fully saturated rings. The predicted octanol–water partition coefficient (Wildman–Crippen LogP) is 1.99. The molecule has 1 aliphatic rings. The van der Waals surface area contributed by atoms with E-state index in [4.69, 9.17) is 0 Å². The van der Waals surface area contributed by atoms with Crippen LogP contribution in [0.4, 0.5) is 4.39 Å². The molecular formula is C19H20FN3O2. The van der Waals surface area contributed by atoms with Crippen LogP contribution in [0.1, 0.15) is 22.3 Å². The molecule has 1 unspecified atom stereocenters. The third-order valence-electron chi connectivity index (χ3n) is 4.24. The Morgan fingerprint density at radius 2 is 2.04 bits per heavy atom. The standard InChI is InChI=1S/C19H20FN3O2/c20-16-8-10-23(13-16)19(25)17(11-14-5-4-9-21-12-14)22-18(24)15-6-2-1-3-7-15/h1-7,9,12,16-17H,8,10-11,13H2,(H,22,24)/t16-,17?/m1/s1. The number of amides is 2. The van der Waals surface area contributed by atoms with Gasteiger partial charge in [0, 0.05) is 30.9 Å². The Labute approximate surface area is 145 Å². The summed E-state index contributed by atoms with van der Waals surface area (Å²) in [4.78, 5) is 30.8. The lowest BCUT2D eigenvalue weighted by molar-refractivity contribution is -0.132. The summed E-state index contributed by atoms with van der Waals surface area (Å²) in [5.41, 5.74) is 1.32. The van der Waals surface area contributed by atoms with Crippen LogP contribution in [0.5, 0.6) is 0 Å². The van der Waals surface area contributed by atoms with Crippen molar-refractivity contribution in [1.29, 1.82) is 0 Å². The zero-order valence-corrected chi connectivity index (χ0v) is 13.8. The minimum atomic E-state index is -0.993. The number of carbonyl (C=O) groups is 2. The summed E-state index contributed by atoms with van der Waals surface area (Å²) in [6, 6.07) is 11.6. The summed E-state index contributed by atoms with van der Waals surface area (Å²) in [5, 5.41) is 2.79. The summed E-state index contributed by atoms with van der Waals surface area (Å²) in [6.07, 6.45) is 2.98. The van der Waals surface area contributed by atoms with Crippen LogP contribution < -0.4 is 5.32 Å². The number of nitrogens with one attached hydrogen (secondary N) is 1. The fraction of sp³-hybridized carbons (Fsp3) is 0.316. The van der Waals surface area contributed by atoms with Gasteiger partial charge in [0.15, 0.2) is 0 Å². The predicted molar refractivity (Wildman–Crippen MR) is 91.7 cm³/mol. The maximum absolute atomic E-state index is 13.5. The van der Waals surface area contributed by atoms with Crippen molar-refractivity contribution in [2.24, 2.45) is 0 Å². The molecular weight excluding hydrogens is 321 g/mol. The highest BCUT2D eigenvalue weighted by molar-refractivity contribution is 5.97. The Kier molecular flexibility index (Phi) is 5.38. The van der Waals surface area contributed by atoms with Crippen molar-refractivity contribution in [2.45, 2.75) is 25.1 Å². The molecule has 1 aromatic heterocycles.